The maximum atomic E-state index is 12.0. The first-order valence-electron chi connectivity index (χ1n) is 5.78. The molecule has 0 aromatic heterocycles. The van der Waals surface area contributed by atoms with Crippen LogP contribution >= 0.6 is 0 Å². The molecule has 0 saturated carbocycles. The van der Waals surface area contributed by atoms with Crippen LogP contribution in [0.5, 0.6) is 0 Å². The molecule has 0 radical (unpaired) electrons. The van der Waals surface area contributed by atoms with Crippen molar-refractivity contribution in [3.05, 3.63) is 29.8 Å². The standard InChI is InChI=1S/C13H17N3O/c1-8-7-9(2)16(13(8)17)11-5-3-10(4-6-11)12(14)15/h3-6,8-9H,7H2,1-2H3,(H3,14,15). The van der Waals surface area contributed by atoms with E-state index in [4.69, 9.17) is 11.1 Å². The molecular formula is C13H17N3O. The Morgan fingerprint density at radius 2 is 1.94 bits per heavy atom. The Hall–Kier alpha value is -1.84. The molecule has 1 fully saturated rings. The Morgan fingerprint density at radius 1 is 1.35 bits per heavy atom. The lowest BCUT2D eigenvalue weighted by Gasteiger charge is -2.22. The van der Waals surface area contributed by atoms with E-state index >= 15 is 0 Å². The van der Waals surface area contributed by atoms with Crippen LogP contribution in [0, 0.1) is 11.3 Å². The molecule has 2 atom stereocenters. The highest BCUT2D eigenvalue weighted by Gasteiger charge is 2.34. The predicted octanol–water partition coefficient (Wildman–Crippen LogP) is 1.73. The van der Waals surface area contributed by atoms with Gasteiger partial charge >= 0.3 is 0 Å². The molecule has 1 heterocycles. The third kappa shape index (κ3) is 2.02. The van der Waals surface area contributed by atoms with Gasteiger partial charge in [-0.1, -0.05) is 6.92 Å². The third-order valence-corrected chi connectivity index (χ3v) is 3.25. The highest BCUT2D eigenvalue weighted by molar-refractivity contribution is 5.99. The second-order valence-electron chi connectivity index (χ2n) is 4.65. The van der Waals surface area contributed by atoms with Gasteiger partial charge in [0.1, 0.15) is 5.84 Å². The summed E-state index contributed by atoms with van der Waals surface area (Å²) in [4.78, 5) is 13.8. The van der Waals surface area contributed by atoms with Gasteiger partial charge in [-0.05, 0) is 37.6 Å². The van der Waals surface area contributed by atoms with Crippen LogP contribution in [0.3, 0.4) is 0 Å². The normalized spacial score (nSPS) is 24.1. The minimum Gasteiger partial charge on any atom is -0.384 e. The Bertz CT molecular complexity index is 452. The van der Waals surface area contributed by atoms with Crippen molar-refractivity contribution in [2.45, 2.75) is 26.3 Å². The molecule has 3 N–H and O–H groups in total. The second-order valence-corrected chi connectivity index (χ2v) is 4.65. The Morgan fingerprint density at radius 3 is 2.35 bits per heavy atom. The zero-order valence-corrected chi connectivity index (χ0v) is 10.1. The van der Waals surface area contributed by atoms with Gasteiger partial charge in [-0.25, -0.2) is 0 Å². The number of carbonyl (C=O) groups is 1. The van der Waals surface area contributed by atoms with Gasteiger partial charge in [0, 0.05) is 23.2 Å². The van der Waals surface area contributed by atoms with Crippen LogP contribution in [0.25, 0.3) is 0 Å². The van der Waals surface area contributed by atoms with Crippen molar-refractivity contribution >= 4 is 17.4 Å². The molecule has 1 aromatic rings. The van der Waals surface area contributed by atoms with Gasteiger partial charge in [0.2, 0.25) is 5.91 Å². The average Bonchev–Trinajstić information content (AvgIpc) is 2.53. The van der Waals surface area contributed by atoms with E-state index in [1.807, 2.05) is 24.0 Å². The number of carbonyl (C=O) groups excluding carboxylic acids is 1. The van der Waals surface area contributed by atoms with Crippen LogP contribution in [0.15, 0.2) is 24.3 Å². The number of nitrogens with one attached hydrogen (secondary N) is 1. The molecule has 0 aliphatic carbocycles. The number of hydrogen-bond acceptors (Lipinski definition) is 2. The van der Waals surface area contributed by atoms with Gasteiger partial charge in [-0.3, -0.25) is 10.2 Å². The predicted molar refractivity (Wildman–Crippen MR) is 68.2 cm³/mol. The largest absolute Gasteiger partial charge is 0.384 e. The van der Waals surface area contributed by atoms with E-state index in [0.717, 1.165) is 12.1 Å². The molecule has 1 aliphatic rings. The number of amides is 1. The molecule has 17 heavy (non-hydrogen) atoms. The summed E-state index contributed by atoms with van der Waals surface area (Å²) in [7, 11) is 0. The van der Waals surface area contributed by atoms with E-state index in [1.165, 1.54) is 0 Å². The quantitative estimate of drug-likeness (QED) is 0.601. The Kier molecular flexibility index (Phi) is 2.88. The molecular weight excluding hydrogens is 214 g/mol. The first kappa shape index (κ1) is 11.6. The minimum atomic E-state index is 0.0470. The summed E-state index contributed by atoms with van der Waals surface area (Å²) >= 11 is 0. The number of anilines is 1. The lowest BCUT2D eigenvalue weighted by Crippen LogP contribution is -2.31. The highest BCUT2D eigenvalue weighted by atomic mass is 16.2. The van der Waals surface area contributed by atoms with E-state index in [1.54, 1.807) is 12.1 Å². The molecule has 1 aliphatic heterocycles. The van der Waals surface area contributed by atoms with Gasteiger partial charge in [0.05, 0.1) is 0 Å². The monoisotopic (exact) mass is 231 g/mol. The molecule has 1 amide bonds. The van der Waals surface area contributed by atoms with E-state index in [9.17, 15) is 4.79 Å². The fraction of sp³-hybridized carbons (Fsp3) is 0.385. The first-order valence-corrected chi connectivity index (χ1v) is 5.78. The van der Waals surface area contributed by atoms with Crippen LogP contribution < -0.4 is 10.6 Å². The van der Waals surface area contributed by atoms with Crippen molar-refractivity contribution in [2.75, 3.05) is 4.90 Å². The number of rotatable bonds is 2. The van der Waals surface area contributed by atoms with Gasteiger partial charge in [0.25, 0.3) is 0 Å². The molecule has 0 spiro atoms. The maximum absolute atomic E-state index is 12.0. The van der Waals surface area contributed by atoms with Crippen molar-refractivity contribution in [1.29, 1.82) is 5.41 Å². The number of amidine groups is 1. The maximum Gasteiger partial charge on any atom is 0.230 e. The molecule has 0 bridgehead atoms. The topological polar surface area (TPSA) is 70.2 Å². The summed E-state index contributed by atoms with van der Waals surface area (Å²) in [6, 6.07) is 7.49. The van der Waals surface area contributed by atoms with Crippen LogP contribution in [0.2, 0.25) is 0 Å². The van der Waals surface area contributed by atoms with Crippen LogP contribution in [-0.2, 0) is 4.79 Å². The number of nitrogens with two attached hydrogens (primary N) is 1. The van der Waals surface area contributed by atoms with Crippen molar-refractivity contribution in [3.63, 3.8) is 0 Å². The van der Waals surface area contributed by atoms with Crippen molar-refractivity contribution < 1.29 is 4.79 Å². The summed E-state index contributed by atoms with van der Waals surface area (Å²) in [5.74, 6) is 0.316. The van der Waals surface area contributed by atoms with Gasteiger partial charge in [0.15, 0.2) is 0 Å². The Labute approximate surface area is 101 Å². The smallest absolute Gasteiger partial charge is 0.230 e. The number of nitrogens with zero attached hydrogens (tertiary/aromatic N) is 1. The van der Waals surface area contributed by atoms with Gasteiger partial charge < -0.3 is 10.6 Å². The van der Waals surface area contributed by atoms with Crippen LogP contribution in [0.4, 0.5) is 5.69 Å². The van der Waals surface area contributed by atoms with Crippen LogP contribution in [-0.4, -0.2) is 17.8 Å². The zero-order valence-electron chi connectivity index (χ0n) is 10.1. The number of benzene rings is 1. The summed E-state index contributed by atoms with van der Waals surface area (Å²) < 4.78 is 0. The van der Waals surface area contributed by atoms with Gasteiger partial charge in [-0.15, -0.1) is 0 Å². The summed E-state index contributed by atoms with van der Waals surface area (Å²) in [5.41, 5.74) is 6.96. The molecule has 4 nitrogen and oxygen atoms in total. The summed E-state index contributed by atoms with van der Waals surface area (Å²) in [6.07, 6.45) is 0.896. The molecule has 2 unspecified atom stereocenters. The van der Waals surface area contributed by atoms with Crippen molar-refractivity contribution in [2.24, 2.45) is 11.7 Å². The zero-order chi connectivity index (χ0) is 12.6. The van der Waals surface area contributed by atoms with Crippen molar-refractivity contribution in [3.8, 4) is 0 Å². The summed E-state index contributed by atoms with van der Waals surface area (Å²) in [6.45, 7) is 4.02. The Balaban J connectivity index is 2.28. The molecule has 90 valence electrons. The van der Waals surface area contributed by atoms with Gasteiger partial charge in [-0.2, -0.15) is 0 Å². The summed E-state index contributed by atoms with van der Waals surface area (Å²) in [5, 5.41) is 7.32. The van der Waals surface area contributed by atoms with E-state index in [0.29, 0.717) is 5.56 Å². The molecule has 2 rings (SSSR count). The average molecular weight is 231 g/mol. The minimum absolute atomic E-state index is 0.0470. The fourth-order valence-corrected chi connectivity index (χ4v) is 2.36. The number of nitrogen functional groups attached to an aromatic ring is 1. The lowest BCUT2D eigenvalue weighted by atomic mass is 10.1. The second kappa shape index (κ2) is 4.20. The SMILES string of the molecule is CC1CC(C)N(c2ccc(C(=N)N)cc2)C1=O. The van der Waals surface area contributed by atoms with E-state index in [2.05, 4.69) is 6.92 Å². The molecule has 1 saturated heterocycles. The molecule has 1 aromatic carbocycles. The number of hydrogen-bond donors (Lipinski definition) is 2. The van der Waals surface area contributed by atoms with Crippen molar-refractivity contribution in [1.82, 2.24) is 0 Å². The highest BCUT2D eigenvalue weighted by Crippen LogP contribution is 2.29. The fourth-order valence-electron chi connectivity index (χ4n) is 2.36. The van der Waals surface area contributed by atoms with E-state index < -0.39 is 0 Å². The van der Waals surface area contributed by atoms with Crippen LogP contribution in [0.1, 0.15) is 25.8 Å². The molecule has 4 heteroatoms. The van der Waals surface area contributed by atoms with E-state index in [-0.39, 0.29) is 23.7 Å². The first-order chi connectivity index (χ1) is 8.00. The third-order valence-electron chi connectivity index (χ3n) is 3.25. The lowest BCUT2D eigenvalue weighted by molar-refractivity contribution is -0.119.